The summed E-state index contributed by atoms with van der Waals surface area (Å²) >= 11 is 1.58. The van der Waals surface area contributed by atoms with E-state index in [1.54, 1.807) is 45.7 Å². The summed E-state index contributed by atoms with van der Waals surface area (Å²) in [4.78, 5) is 14.3. The Morgan fingerprint density at radius 1 is 1.32 bits per heavy atom. The van der Waals surface area contributed by atoms with E-state index in [0.29, 0.717) is 13.2 Å². The second-order valence-electron chi connectivity index (χ2n) is 6.44. The van der Waals surface area contributed by atoms with Crippen LogP contribution in [-0.2, 0) is 13.6 Å². The highest BCUT2D eigenvalue weighted by atomic mass is 32.2. The number of hydrogen-bond donors (Lipinski definition) is 0. The van der Waals surface area contributed by atoms with Gasteiger partial charge in [0.05, 0.1) is 18.1 Å². The number of benzene rings is 1. The maximum absolute atomic E-state index is 11.3. The molecule has 28 heavy (non-hydrogen) atoms. The number of nitrogens with zero attached hydrogens (tertiary/aromatic N) is 7. The van der Waals surface area contributed by atoms with Crippen LogP contribution in [0.4, 0.5) is 0 Å². The Morgan fingerprint density at radius 2 is 2.14 bits per heavy atom. The number of aromatic nitrogens is 4. The van der Waals surface area contributed by atoms with E-state index in [0.717, 1.165) is 34.2 Å². The maximum Gasteiger partial charge on any atom is 0.368 e. The molecule has 0 fully saturated rings. The van der Waals surface area contributed by atoms with Gasteiger partial charge < -0.3 is 4.74 Å². The van der Waals surface area contributed by atoms with Crippen LogP contribution in [0, 0.1) is 17.0 Å². The van der Waals surface area contributed by atoms with Gasteiger partial charge in [-0.15, -0.1) is 5.10 Å². The number of tetrazole rings is 1. The molecular formula is C17H23N7O3S. The average Bonchev–Trinajstić information content (AvgIpc) is 3.23. The first-order chi connectivity index (χ1) is 13.5. The highest BCUT2D eigenvalue weighted by Gasteiger charge is 2.33. The zero-order valence-electron chi connectivity index (χ0n) is 16.1. The van der Waals surface area contributed by atoms with Crippen molar-refractivity contribution in [3.8, 4) is 5.75 Å². The molecule has 1 aromatic carbocycles. The summed E-state index contributed by atoms with van der Waals surface area (Å²) in [7, 11) is 3.51. The van der Waals surface area contributed by atoms with Crippen LogP contribution < -0.4 is 4.74 Å². The number of ether oxygens (including phenoxy) is 1. The fourth-order valence-electron chi connectivity index (χ4n) is 2.92. The van der Waals surface area contributed by atoms with E-state index in [1.807, 2.05) is 32.2 Å². The Hall–Kier alpha value is -2.82. The van der Waals surface area contributed by atoms with Gasteiger partial charge in [0.15, 0.2) is 0 Å². The predicted octanol–water partition coefficient (Wildman–Crippen LogP) is 1.86. The summed E-state index contributed by atoms with van der Waals surface area (Å²) in [5, 5.41) is 23.4. The molecule has 0 spiro atoms. The van der Waals surface area contributed by atoms with Gasteiger partial charge in [-0.3, -0.25) is 19.9 Å². The summed E-state index contributed by atoms with van der Waals surface area (Å²) in [6.45, 7) is 3.01. The van der Waals surface area contributed by atoms with E-state index >= 15 is 0 Å². The van der Waals surface area contributed by atoms with Crippen LogP contribution in [0.15, 0.2) is 35.8 Å². The van der Waals surface area contributed by atoms with Gasteiger partial charge in [0.1, 0.15) is 5.75 Å². The van der Waals surface area contributed by atoms with Gasteiger partial charge >= 0.3 is 6.29 Å². The van der Waals surface area contributed by atoms with Gasteiger partial charge in [0.25, 0.3) is 0 Å². The van der Waals surface area contributed by atoms with Crippen LogP contribution in [0.25, 0.3) is 0 Å². The van der Waals surface area contributed by atoms with Crippen molar-refractivity contribution < 1.29 is 9.66 Å². The lowest BCUT2D eigenvalue weighted by molar-refractivity contribution is -0.568. The van der Waals surface area contributed by atoms with Crippen molar-refractivity contribution >= 4 is 11.8 Å². The monoisotopic (exact) mass is 405 g/mol. The average molecular weight is 405 g/mol. The summed E-state index contributed by atoms with van der Waals surface area (Å²) in [6, 6.07) is 5.82. The molecule has 1 aromatic heterocycles. The van der Waals surface area contributed by atoms with E-state index < -0.39 is 6.29 Å². The highest BCUT2D eigenvalue weighted by molar-refractivity contribution is 7.99. The van der Waals surface area contributed by atoms with Crippen LogP contribution in [0.5, 0.6) is 5.75 Å². The lowest BCUT2D eigenvalue weighted by atomic mass is 10.1. The Labute approximate surface area is 167 Å². The Balaban J connectivity index is 1.53. The zero-order valence-corrected chi connectivity index (χ0v) is 16.9. The van der Waals surface area contributed by atoms with Crippen LogP contribution in [0.2, 0.25) is 0 Å². The van der Waals surface area contributed by atoms with Crippen molar-refractivity contribution in [3.05, 3.63) is 51.8 Å². The molecule has 3 rings (SSSR count). The molecule has 1 aliphatic rings. The second-order valence-corrected chi connectivity index (χ2v) is 7.51. The topological polar surface area (TPSA) is 102 Å². The Bertz CT molecular complexity index is 857. The quantitative estimate of drug-likeness (QED) is 0.268. The predicted molar refractivity (Wildman–Crippen MR) is 104 cm³/mol. The van der Waals surface area contributed by atoms with Crippen molar-refractivity contribution in [1.82, 2.24) is 30.0 Å². The third-order valence-corrected chi connectivity index (χ3v) is 5.55. The smallest absolute Gasteiger partial charge is 0.368 e. The van der Waals surface area contributed by atoms with Crippen molar-refractivity contribution in [3.63, 3.8) is 0 Å². The first-order valence-electron chi connectivity index (χ1n) is 8.83. The minimum atomic E-state index is -0.879. The number of rotatable bonds is 9. The first kappa shape index (κ1) is 19.9. The number of aryl methyl sites for hydroxylation is 1. The third kappa shape index (κ3) is 4.53. The molecule has 1 unspecified atom stereocenters. The minimum absolute atomic E-state index is 0.292. The van der Waals surface area contributed by atoms with Crippen LogP contribution in [0.1, 0.15) is 17.5 Å². The standard InChI is InChI=1S/C17H23N7O3S/c1-13-14(12-23-9-8-21(2)17(23)24(25)26)6-4-7-15(13)27-10-5-11-28-16-18-19-20-22(16)3/h4,6-9,17H,5,10-12H2,1-3H3. The van der Waals surface area contributed by atoms with E-state index in [2.05, 4.69) is 15.5 Å². The van der Waals surface area contributed by atoms with Gasteiger partial charge in [-0.2, -0.15) is 0 Å². The SMILES string of the molecule is Cc1c(CN2C=CN(C)C2[N+](=O)[O-])cccc1OCCCSc1nnnn1C. The fraction of sp³-hybridized carbons (Fsp3) is 0.471. The van der Waals surface area contributed by atoms with Crippen molar-refractivity contribution in [1.29, 1.82) is 0 Å². The van der Waals surface area contributed by atoms with Crippen LogP contribution in [-0.4, -0.2) is 60.6 Å². The molecule has 0 aliphatic carbocycles. The highest BCUT2D eigenvalue weighted by Crippen LogP contribution is 2.25. The van der Waals surface area contributed by atoms with Crippen LogP contribution >= 0.6 is 11.8 Å². The molecule has 0 saturated carbocycles. The number of nitro groups is 1. The zero-order chi connectivity index (χ0) is 20.1. The van der Waals surface area contributed by atoms with Crippen molar-refractivity contribution in [2.75, 3.05) is 19.4 Å². The lowest BCUT2D eigenvalue weighted by Gasteiger charge is -2.23. The van der Waals surface area contributed by atoms with Crippen molar-refractivity contribution in [2.45, 2.75) is 31.3 Å². The summed E-state index contributed by atoms with van der Waals surface area (Å²) in [6.07, 6.45) is 3.44. The van der Waals surface area contributed by atoms with Gasteiger partial charge in [-0.25, -0.2) is 4.68 Å². The van der Waals surface area contributed by atoms with E-state index in [4.69, 9.17) is 4.74 Å². The third-order valence-electron chi connectivity index (χ3n) is 4.45. The normalized spacial score (nSPS) is 16.0. The van der Waals surface area contributed by atoms with Gasteiger partial charge in [0.2, 0.25) is 5.16 Å². The maximum atomic E-state index is 11.3. The van der Waals surface area contributed by atoms with E-state index in [9.17, 15) is 10.1 Å². The summed E-state index contributed by atoms with van der Waals surface area (Å²) in [5.41, 5.74) is 2.00. The second kappa shape index (κ2) is 8.91. The molecule has 0 amide bonds. The van der Waals surface area contributed by atoms with E-state index in [1.165, 1.54) is 0 Å². The molecule has 0 radical (unpaired) electrons. The van der Waals surface area contributed by atoms with Crippen LogP contribution in [0.3, 0.4) is 0 Å². The molecule has 0 saturated heterocycles. The number of thioether (sulfide) groups is 1. The Kier molecular flexibility index (Phi) is 6.34. The van der Waals surface area contributed by atoms with Crippen molar-refractivity contribution in [2.24, 2.45) is 7.05 Å². The fourth-order valence-corrected chi connectivity index (χ4v) is 3.68. The molecule has 11 heteroatoms. The summed E-state index contributed by atoms with van der Waals surface area (Å²) < 4.78 is 7.57. The lowest BCUT2D eigenvalue weighted by Crippen LogP contribution is -2.42. The van der Waals surface area contributed by atoms with Gasteiger partial charge in [0, 0.05) is 32.2 Å². The molecule has 0 bridgehead atoms. The molecule has 0 N–H and O–H groups in total. The molecule has 1 aliphatic heterocycles. The number of hydrogen-bond acceptors (Lipinski definition) is 9. The first-order valence-corrected chi connectivity index (χ1v) is 9.82. The Morgan fingerprint density at radius 3 is 2.86 bits per heavy atom. The molecule has 10 nitrogen and oxygen atoms in total. The van der Waals surface area contributed by atoms with Gasteiger partial charge in [-0.05, 0) is 41.0 Å². The molecule has 2 aromatic rings. The van der Waals surface area contributed by atoms with E-state index in [-0.39, 0.29) is 4.92 Å². The minimum Gasteiger partial charge on any atom is -0.493 e. The molecular weight excluding hydrogens is 382 g/mol. The molecule has 150 valence electrons. The molecule has 2 heterocycles. The molecule has 1 atom stereocenters. The summed E-state index contributed by atoms with van der Waals surface area (Å²) in [5.74, 6) is 1.65. The van der Waals surface area contributed by atoms with Gasteiger partial charge in [-0.1, -0.05) is 23.9 Å². The largest absolute Gasteiger partial charge is 0.493 e.